The number of rotatable bonds is 5. The van der Waals surface area contributed by atoms with Gasteiger partial charge in [0.2, 0.25) is 5.91 Å². The fraction of sp³-hybridized carbons (Fsp3) is 0.500. The first kappa shape index (κ1) is 17.1. The van der Waals surface area contributed by atoms with Crippen molar-refractivity contribution in [2.45, 2.75) is 38.6 Å². The van der Waals surface area contributed by atoms with E-state index in [0.29, 0.717) is 13.0 Å². The second-order valence-electron chi connectivity index (χ2n) is 7.14. The number of fused-ring (bicyclic) bond motifs is 1. The van der Waals surface area contributed by atoms with Gasteiger partial charge in [-0.05, 0) is 37.0 Å². The van der Waals surface area contributed by atoms with Gasteiger partial charge in [0.1, 0.15) is 5.82 Å². The highest BCUT2D eigenvalue weighted by Crippen LogP contribution is 2.41. The van der Waals surface area contributed by atoms with Crippen molar-refractivity contribution in [1.29, 1.82) is 0 Å². The number of methoxy groups -OCH3 is 1. The van der Waals surface area contributed by atoms with Gasteiger partial charge in [-0.1, -0.05) is 6.07 Å². The number of imidazole rings is 1. The molecule has 1 atom stereocenters. The second-order valence-corrected chi connectivity index (χ2v) is 7.14. The van der Waals surface area contributed by atoms with Crippen LogP contribution in [-0.2, 0) is 16.1 Å². The molecule has 0 aliphatic carbocycles. The van der Waals surface area contributed by atoms with Crippen molar-refractivity contribution in [2.24, 2.45) is 0 Å². The van der Waals surface area contributed by atoms with Crippen LogP contribution in [0.25, 0.3) is 0 Å². The number of hydrogen-bond acceptors (Lipinski definition) is 4. The molecule has 1 saturated heterocycles. The van der Waals surface area contributed by atoms with Crippen molar-refractivity contribution in [3.63, 3.8) is 0 Å². The molecule has 6 heteroatoms. The van der Waals surface area contributed by atoms with E-state index in [4.69, 9.17) is 4.74 Å². The molecule has 4 rings (SSSR count). The number of nitrogens with one attached hydrogen (secondary N) is 1. The Hall–Kier alpha value is -2.34. The average molecular weight is 354 g/mol. The normalized spacial score (nSPS) is 19.5. The van der Waals surface area contributed by atoms with Crippen molar-refractivity contribution >= 4 is 17.3 Å². The van der Waals surface area contributed by atoms with Gasteiger partial charge >= 0.3 is 0 Å². The Morgan fingerprint density at radius 3 is 2.88 bits per heavy atom. The van der Waals surface area contributed by atoms with E-state index in [0.717, 1.165) is 42.3 Å². The van der Waals surface area contributed by atoms with Crippen molar-refractivity contribution < 1.29 is 9.53 Å². The summed E-state index contributed by atoms with van der Waals surface area (Å²) in [5.41, 5.74) is 4.54. The van der Waals surface area contributed by atoms with E-state index in [1.54, 1.807) is 7.11 Å². The molecule has 2 aliphatic heterocycles. The van der Waals surface area contributed by atoms with Crippen LogP contribution in [0.3, 0.4) is 0 Å². The third-order valence-electron chi connectivity index (χ3n) is 5.54. The van der Waals surface area contributed by atoms with Crippen molar-refractivity contribution in [3.8, 4) is 0 Å². The Labute approximate surface area is 154 Å². The summed E-state index contributed by atoms with van der Waals surface area (Å²) in [6.45, 7) is 5.68. The number of amides is 1. The predicted molar refractivity (Wildman–Crippen MR) is 102 cm³/mol. The molecular weight excluding hydrogens is 328 g/mol. The summed E-state index contributed by atoms with van der Waals surface area (Å²) in [7, 11) is 1.70. The van der Waals surface area contributed by atoms with Crippen molar-refractivity contribution in [2.75, 3.05) is 37.0 Å². The minimum absolute atomic E-state index is 0.0167. The van der Waals surface area contributed by atoms with Gasteiger partial charge in [-0.25, -0.2) is 4.98 Å². The van der Waals surface area contributed by atoms with Gasteiger partial charge in [-0.2, -0.15) is 0 Å². The number of anilines is 2. The second kappa shape index (κ2) is 7.11. The number of nitrogens with zero attached hydrogens (tertiary/aromatic N) is 3. The number of carbonyl (C=O) groups is 1. The lowest BCUT2D eigenvalue weighted by molar-refractivity contribution is -0.116. The number of aromatic nitrogens is 2. The zero-order chi connectivity index (χ0) is 18.1. The molecule has 2 aliphatic rings. The lowest BCUT2D eigenvalue weighted by Gasteiger charge is -2.30. The van der Waals surface area contributed by atoms with Gasteiger partial charge in [0.05, 0.1) is 12.5 Å². The Morgan fingerprint density at radius 1 is 1.31 bits per heavy atom. The van der Waals surface area contributed by atoms with Gasteiger partial charge in [0, 0.05) is 56.9 Å². The molecule has 3 heterocycles. The molecular formula is C20H26N4O2. The Kier molecular flexibility index (Phi) is 4.68. The maximum atomic E-state index is 12.5. The van der Waals surface area contributed by atoms with Crippen LogP contribution in [0.5, 0.6) is 0 Å². The average Bonchev–Trinajstić information content (AvgIpc) is 3.32. The predicted octanol–water partition coefficient (Wildman–Crippen LogP) is 2.91. The SMILES string of the molecule is COCCn1ccnc1C1CC(=O)Nc2c1ccc(N1CCCC1)c2C. The Bertz CT molecular complexity index is 808. The van der Waals surface area contributed by atoms with Gasteiger partial charge in [0.15, 0.2) is 0 Å². The topological polar surface area (TPSA) is 59.4 Å². The monoisotopic (exact) mass is 354 g/mol. The quantitative estimate of drug-likeness (QED) is 0.897. The molecule has 138 valence electrons. The van der Waals surface area contributed by atoms with Crippen LogP contribution in [0.2, 0.25) is 0 Å². The molecule has 1 fully saturated rings. The van der Waals surface area contributed by atoms with Crippen LogP contribution in [0, 0.1) is 6.92 Å². The molecule has 1 amide bonds. The first-order valence-electron chi connectivity index (χ1n) is 9.37. The summed E-state index contributed by atoms with van der Waals surface area (Å²) < 4.78 is 7.30. The zero-order valence-electron chi connectivity index (χ0n) is 15.5. The molecule has 1 unspecified atom stereocenters. The largest absolute Gasteiger partial charge is 0.383 e. The summed E-state index contributed by atoms with van der Waals surface area (Å²) in [6, 6.07) is 4.39. The van der Waals surface area contributed by atoms with Crippen LogP contribution in [0.15, 0.2) is 24.5 Å². The smallest absolute Gasteiger partial charge is 0.225 e. The first-order valence-corrected chi connectivity index (χ1v) is 9.37. The lowest BCUT2D eigenvalue weighted by atomic mass is 9.87. The highest BCUT2D eigenvalue weighted by atomic mass is 16.5. The molecule has 6 nitrogen and oxygen atoms in total. The third-order valence-corrected chi connectivity index (χ3v) is 5.54. The number of hydrogen-bond donors (Lipinski definition) is 1. The van der Waals surface area contributed by atoms with E-state index in [1.165, 1.54) is 18.5 Å². The minimum atomic E-state index is -0.0167. The number of benzene rings is 1. The summed E-state index contributed by atoms with van der Waals surface area (Å²) >= 11 is 0. The fourth-order valence-corrected chi connectivity index (χ4v) is 4.20. The highest BCUT2D eigenvalue weighted by Gasteiger charge is 2.31. The highest BCUT2D eigenvalue weighted by molar-refractivity contribution is 5.97. The van der Waals surface area contributed by atoms with E-state index in [9.17, 15) is 4.79 Å². The zero-order valence-corrected chi connectivity index (χ0v) is 15.5. The van der Waals surface area contributed by atoms with Gasteiger partial charge < -0.3 is 19.5 Å². The number of carbonyl (C=O) groups excluding carboxylic acids is 1. The molecule has 0 bridgehead atoms. The van der Waals surface area contributed by atoms with Crippen LogP contribution in [-0.4, -0.2) is 42.3 Å². The van der Waals surface area contributed by atoms with E-state index in [2.05, 4.69) is 38.8 Å². The van der Waals surface area contributed by atoms with E-state index < -0.39 is 0 Å². The standard InChI is InChI=1S/C20H26N4O2/c1-14-17(23-8-3-4-9-23)6-5-15-16(13-18(25)22-19(14)15)20-21-7-10-24(20)11-12-26-2/h5-7,10,16H,3-4,8-9,11-13H2,1-2H3,(H,22,25). The van der Waals surface area contributed by atoms with Gasteiger partial charge in [0.25, 0.3) is 0 Å². The summed E-state index contributed by atoms with van der Waals surface area (Å²) in [6.07, 6.45) is 6.68. The van der Waals surface area contributed by atoms with E-state index in [-0.39, 0.29) is 11.8 Å². The molecule has 0 spiro atoms. The third kappa shape index (κ3) is 2.98. The molecule has 1 aromatic heterocycles. The van der Waals surface area contributed by atoms with Crippen molar-refractivity contribution in [1.82, 2.24) is 9.55 Å². The van der Waals surface area contributed by atoms with Gasteiger partial charge in [-0.15, -0.1) is 0 Å². The van der Waals surface area contributed by atoms with E-state index in [1.807, 2.05) is 12.4 Å². The van der Waals surface area contributed by atoms with Crippen LogP contribution >= 0.6 is 0 Å². The van der Waals surface area contributed by atoms with Crippen molar-refractivity contribution in [3.05, 3.63) is 41.5 Å². The molecule has 26 heavy (non-hydrogen) atoms. The van der Waals surface area contributed by atoms with Crippen LogP contribution in [0.4, 0.5) is 11.4 Å². The Morgan fingerprint density at radius 2 is 2.12 bits per heavy atom. The lowest BCUT2D eigenvalue weighted by Crippen LogP contribution is -2.27. The maximum Gasteiger partial charge on any atom is 0.225 e. The summed E-state index contributed by atoms with van der Waals surface area (Å²) in [5, 5.41) is 3.12. The molecule has 1 aromatic carbocycles. The minimum Gasteiger partial charge on any atom is -0.383 e. The van der Waals surface area contributed by atoms with Crippen LogP contribution in [0.1, 0.15) is 42.1 Å². The maximum absolute atomic E-state index is 12.5. The molecule has 0 radical (unpaired) electrons. The van der Waals surface area contributed by atoms with E-state index >= 15 is 0 Å². The molecule has 2 aromatic rings. The fourth-order valence-electron chi connectivity index (χ4n) is 4.20. The number of ether oxygens (including phenoxy) is 1. The van der Waals surface area contributed by atoms with Crippen LogP contribution < -0.4 is 10.2 Å². The molecule has 0 saturated carbocycles. The van der Waals surface area contributed by atoms with Gasteiger partial charge in [-0.3, -0.25) is 4.79 Å². The Balaban J connectivity index is 1.73. The summed E-state index contributed by atoms with van der Waals surface area (Å²) in [4.78, 5) is 19.4. The summed E-state index contributed by atoms with van der Waals surface area (Å²) in [5.74, 6) is 0.980. The molecule has 1 N–H and O–H groups in total. The first-order chi connectivity index (χ1) is 12.7.